The largest absolute Gasteiger partial charge is 0.494 e. The van der Waals surface area contributed by atoms with Crippen LogP contribution in [0.2, 0.25) is 0 Å². The number of rotatable bonds is 7. The summed E-state index contributed by atoms with van der Waals surface area (Å²) in [6, 6.07) is 5.16. The highest BCUT2D eigenvalue weighted by atomic mass is 19.1. The number of ether oxygens (including phenoxy) is 2. The van der Waals surface area contributed by atoms with Crippen LogP contribution in [0.3, 0.4) is 0 Å². The van der Waals surface area contributed by atoms with Gasteiger partial charge in [-0.2, -0.15) is 0 Å². The zero-order valence-electron chi connectivity index (χ0n) is 10.6. The van der Waals surface area contributed by atoms with Gasteiger partial charge in [0.25, 0.3) is 0 Å². The van der Waals surface area contributed by atoms with E-state index in [0.717, 1.165) is 25.0 Å². The molecule has 0 amide bonds. The molecule has 1 atom stereocenters. The molecule has 1 aromatic carbocycles. The van der Waals surface area contributed by atoms with E-state index in [-0.39, 0.29) is 17.6 Å². The lowest BCUT2D eigenvalue weighted by atomic mass is 10.0. The van der Waals surface area contributed by atoms with Crippen LogP contribution in [0.25, 0.3) is 0 Å². The number of nitrogens with one attached hydrogen (secondary N) is 1. The Morgan fingerprint density at radius 2 is 2.12 bits per heavy atom. The number of benzene rings is 1. The Kier molecular flexibility index (Phi) is 5.94. The van der Waals surface area contributed by atoms with Gasteiger partial charge in [-0.1, -0.05) is 6.07 Å². The second-order valence-corrected chi connectivity index (χ2v) is 3.87. The van der Waals surface area contributed by atoms with Gasteiger partial charge in [0.2, 0.25) is 0 Å². The van der Waals surface area contributed by atoms with Crippen molar-refractivity contribution in [3.63, 3.8) is 0 Å². The lowest BCUT2D eigenvalue weighted by Crippen LogP contribution is -2.17. The number of methoxy groups -OCH3 is 2. The van der Waals surface area contributed by atoms with Crippen molar-refractivity contribution in [2.24, 2.45) is 0 Å². The molecule has 96 valence electrons. The van der Waals surface area contributed by atoms with Crippen LogP contribution in [-0.2, 0) is 4.74 Å². The normalized spacial score (nSPS) is 12.5. The van der Waals surface area contributed by atoms with E-state index in [4.69, 9.17) is 9.47 Å². The van der Waals surface area contributed by atoms with Crippen LogP contribution >= 0.6 is 0 Å². The first-order chi connectivity index (χ1) is 8.22. The third-order valence-electron chi connectivity index (χ3n) is 2.77. The van der Waals surface area contributed by atoms with Crippen molar-refractivity contribution < 1.29 is 13.9 Å². The fourth-order valence-electron chi connectivity index (χ4n) is 1.80. The number of halogens is 1. The van der Waals surface area contributed by atoms with E-state index < -0.39 is 0 Å². The second kappa shape index (κ2) is 7.25. The SMILES string of the molecule is CNC(CCCOC)c1ccc(F)c(OC)c1. The summed E-state index contributed by atoms with van der Waals surface area (Å²) in [4.78, 5) is 0. The minimum Gasteiger partial charge on any atom is -0.494 e. The van der Waals surface area contributed by atoms with Gasteiger partial charge in [-0.3, -0.25) is 0 Å². The molecule has 1 aromatic rings. The Labute approximate surface area is 102 Å². The standard InChI is InChI=1S/C13H20FNO2/c1-15-12(5-4-8-16-2)10-6-7-11(14)13(9-10)17-3/h6-7,9,12,15H,4-5,8H2,1-3H3. The predicted molar refractivity (Wildman–Crippen MR) is 65.9 cm³/mol. The first-order valence-corrected chi connectivity index (χ1v) is 5.72. The molecule has 0 aliphatic carbocycles. The van der Waals surface area contributed by atoms with Crippen molar-refractivity contribution in [3.05, 3.63) is 29.6 Å². The van der Waals surface area contributed by atoms with E-state index in [2.05, 4.69) is 5.32 Å². The maximum absolute atomic E-state index is 13.3. The molecular formula is C13H20FNO2. The van der Waals surface area contributed by atoms with Crippen molar-refractivity contribution in [2.45, 2.75) is 18.9 Å². The van der Waals surface area contributed by atoms with E-state index in [1.54, 1.807) is 19.2 Å². The van der Waals surface area contributed by atoms with Gasteiger partial charge in [0.15, 0.2) is 11.6 Å². The Morgan fingerprint density at radius 3 is 2.71 bits per heavy atom. The first-order valence-electron chi connectivity index (χ1n) is 5.72. The van der Waals surface area contributed by atoms with Crippen LogP contribution in [0.5, 0.6) is 5.75 Å². The topological polar surface area (TPSA) is 30.5 Å². The first kappa shape index (κ1) is 13.9. The molecule has 1 rings (SSSR count). The maximum Gasteiger partial charge on any atom is 0.165 e. The lowest BCUT2D eigenvalue weighted by Gasteiger charge is -2.17. The van der Waals surface area contributed by atoms with Gasteiger partial charge >= 0.3 is 0 Å². The quantitative estimate of drug-likeness (QED) is 0.744. The minimum atomic E-state index is -0.331. The van der Waals surface area contributed by atoms with Crippen LogP contribution in [0, 0.1) is 5.82 Å². The highest BCUT2D eigenvalue weighted by molar-refractivity contribution is 5.32. The Bertz CT molecular complexity index is 344. The van der Waals surface area contributed by atoms with E-state index in [9.17, 15) is 4.39 Å². The van der Waals surface area contributed by atoms with E-state index >= 15 is 0 Å². The van der Waals surface area contributed by atoms with Crippen molar-refractivity contribution in [2.75, 3.05) is 27.9 Å². The van der Waals surface area contributed by atoms with Gasteiger partial charge in [-0.05, 0) is 37.6 Å². The van der Waals surface area contributed by atoms with Gasteiger partial charge < -0.3 is 14.8 Å². The molecule has 0 aromatic heterocycles. The molecule has 0 saturated carbocycles. The smallest absolute Gasteiger partial charge is 0.165 e. The summed E-state index contributed by atoms with van der Waals surface area (Å²) < 4.78 is 23.3. The summed E-state index contributed by atoms with van der Waals surface area (Å²) in [5.41, 5.74) is 1.03. The Balaban J connectivity index is 2.73. The molecule has 0 radical (unpaired) electrons. The summed E-state index contributed by atoms with van der Waals surface area (Å²) in [5, 5.41) is 3.21. The van der Waals surface area contributed by atoms with Gasteiger partial charge in [0, 0.05) is 19.8 Å². The van der Waals surface area contributed by atoms with Crippen molar-refractivity contribution in [1.82, 2.24) is 5.32 Å². The minimum absolute atomic E-state index is 0.194. The maximum atomic E-state index is 13.3. The molecule has 0 fully saturated rings. The second-order valence-electron chi connectivity index (χ2n) is 3.87. The Morgan fingerprint density at radius 1 is 1.35 bits per heavy atom. The van der Waals surface area contributed by atoms with Gasteiger partial charge in [-0.15, -0.1) is 0 Å². The summed E-state index contributed by atoms with van der Waals surface area (Å²) in [6.07, 6.45) is 1.90. The van der Waals surface area contributed by atoms with Crippen molar-refractivity contribution >= 4 is 0 Å². The lowest BCUT2D eigenvalue weighted by molar-refractivity contribution is 0.189. The Hall–Kier alpha value is -1.13. The van der Waals surface area contributed by atoms with Crippen molar-refractivity contribution in [3.8, 4) is 5.75 Å². The van der Waals surface area contributed by atoms with Crippen LogP contribution in [0.4, 0.5) is 4.39 Å². The zero-order chi connectivity index (χ0) is 12.7. The molecule has 3 nitrogen and oxygen atoms in total. The molecule has 0 aliphatic heterocycles. The number of hydrogen-bond donors (Lipinski definition) is 1. The highest BCUT2D eigenvalue weighted by Crippen LogP contribution is 2.24. The molecule has 0 aliphatic rings. The van der Waals surface area contributed by atoms with Gasteiger partial charge in [0.05, 0.1) is 7.11 Å². The zero-order valence-corrected chi connectivity index (χ0v) is 10.6. The summed E-state index contributed by atoms with van der Waals surface area (Å²) in [6.45, 7) is 0.733. The number of hydrogen-bond acceptors (Lipinski definition) is 3. The van der Waals surface area contributed by atoms with Gasteiger partial charge in [-0.25, -0.2) is 4.39 Å². The molecular weight excluding hydrogens is 221 g/mol. The molecule has 4 heteroatoms. The average Bonchev–Trinajstić information content (AvgIpc) is 2.36. The average molecular weight is 241 g/mol. The van der Waals surface area contributed by atoms with Crippen LogP contribution in [-0.4, -0.2) is 27.9 Å². The van der Waals surface area contributed by atoms with E-state index in [1.165, 1.54) is 13.2 Å². The molecule has 1 N–H and O–H groups in total. The fourth-order valence-corrected chi connectivity index (χ4v) is 1.80. The van der Waals surface area contributed by atoms with Crippen molar-refractivity contribution in [1.29, 1.82) is 0 Å². The van der Waals surface area contributed by atoms with E-state index in [0.29, 0.717) is 0 Å². The van der Waals surface area contributed by atoms with Gasteiger partial charge in [0.1, 0.15) is 0 Å². The molecule has 0 spiro atoms. The molecule has 0 bridgehead atoms. The van der Waals surface area contributed by atoms with Crippen LogP contribution in [0.1, 0.15) is 24.4 Å². The molecule has 17 heavy (non-hydrogen) atoms. The monoisotopic (exact) mass is 241 g/mol. The molecule has 0 saturated heterocycles. The summed E-state index contributed by atoms with van der Waals surface area (Å²) in [5.74, 6) is -0.0440. The van der Waals surface area contributed by atoms with Crippen LogP contribution in [0.15, 0.2) is 18.2 Å². The van der Waals surface area contributed by atoms with Crippen LogP contribution < -0.4 is 10.1 Å². The fraction of sp³-hybridized carbons (Fsp3) is 0.538. The third kappa shape index (κ3) is 3.98. The summed E-state index contributed by atoms with van der Waals surface area (Å²) in [7, 11) is 5.06. The highest BCUT2D eigenvalue weighted by Gasteiger charge is 2.11. The predicted octanol–water partition coefficient (Wildman–Crippen LogP) is 2.52. The van der Waals surface area contributed by atoms with E-state index in [1.807, 2.05) is 7.05 Å². The molecule has 0 heterocycles. The molecule has 1 unspecified atom stereocenters. The third-order valence-corrected chi connectivity index (χ3v) is 2.77. The summed E-state index contributed by atoms with van der Waals surface area (Å²) >= 11 is 0.